The zero-order chi connectivity index (χ0) is 53.2. The third kappa shape index (κ3) is 13.4. The van der Waals surface area contributed by atoms with Crippen molar-refractivity contribution in [3.8, 4) is 61.8 Å². The lowest BCUT2D eigenvalue weighted by molar-refractivity contribution is -0.141. The van der Waals surface area contributed by atoms with Crippen LogP contribution in [0.2, 0.25) is 10.0 Å². The molecule has 1 aliphatic heterocycles. The maximum Gasteiger partial charge on any atom is 0.306 e. The van der Waals surface area contributed by atoms with Crippen LogP contribution in [0.5, 0.6) is 28.9 Å². The van der Waals surface area contributed by atoms with Crippen molar-refractivity contribution in [2.45, 2.75) is 39.9 Å². The number of ether oxygens (including phenoxy) is 7. The topological polar surface area (TPSA) is 180 Å². The van der Waals surface area contributed by atoms with Gasteiger partial charge in [0, 0.05) is 56.3 Å². The molecule has 3 aromatic heterocycles. The van der Waals surface area contributed by atoms with Gasteiger partial charge in [-0.3, -0.25) is 14.5 Å². The normalized spacial score (nSPS) is 13.9. The fourth-order valence-corrected chi connectivity index (χ4v) is 10.4. The fourth-order valence-electron chi connectivity index (χ4n) is 8.73. The molecule has 0 unspecified atom stereocenters. The lowest BCUT2D eigenvalue weighted by Gasteiger charge is -2.35. The number of aromatic nitrogens is 4. The summed E-state index contributed by atoms with van der Waals surface area (Å²) in [5.41, 5.74) is 4.59. The van der Waals surface area contributed by atoms with E-state index in [1.165, 1.54) is 29.8 Å². The summed E-state index contributed by atoms with van der Waals surface area (Å²) in [5.74, 6) is 0.297. The molecule has 4 heterocycles. The largest absolute Gasteiger partial charge is 0.496 e. The summed E-state index contributed by atoms with van der Waals surface area (Å²) in [6.07, 6.45) is 0.894. The van der Waals surface area contributed by atoms with E-state index in [9.17, 15) is 19.1 Å². The highest BCUT2D eigenvalue weighted by molar-refractivity contribution is 7.22. The highest BCUT2D eigenvalue weighted by Crippen LogP contribution is 2.51. The summed E-state index contributed by atoms with van der Waals surface area (Å²) in [5, 5.41) is 10.9. The van der Waals surface area contributed by atoms with Gasteiger partial charge in [-0.1, -0.05) is 54.4 Å². The monoisotopic (exact) mass is 1080 g/mol. The van der Waals surface area contributed by atoms with Gasteiger partial charge < -0.3 is 48.1 Å². The third-order valence-corrected chi connectivity index (χ3v) is 14.9. The predicted octanol–water partition coefficient (Wildman–Crippen LogP) is 9.80. The summed E-state index contributed by atoms with van der Waals surface area (Å²) in [7, 11) is 5.27. The van der Waals surface area contributed by atoms with Crippen molar-refractivity contribution < 1.29 is 47.4 Å². The molecule has 75 heavy (non-hydrogen) atoms. The molecule has 0 amide bonds. The van der Waals surface area contributed by atoms with Gasteiger partial charge >= 0.3 is 5.97 Å². The highest BCUT2D eigenvalue weighted by atomic mass is 35.5. The van der Waals surface area contributed by atoms with Gasteiger partial charge in [0.1, 0.15) is 53.8 Å². The number of hydrogen-bond acceptors (Lipinski definition) is 15. The molecule has 2 N–H and O–H groups in total. The van der Waals surface area contributed by atoms with Gasteiger partial charge in [0.05, 0.1) is 65.9 Å². The number of nitrogens with one attached hydrogen (secondary N) is 1. The van der Waals surface area contributed by atoms with E-state index in [4.69, 9.17) is 61.3 Å². The number of carbonyl (C=O) groups is 1. The van der Waals surface area contributed by atoms with E-state index in [-0.39, 0.29) is 53.4 Å². The molecule has 0 saturated carbocycles. The van der Waals surface area contributed by atoms with Crippen molar-refractivity contribution in [1.82, 2.24) is 29.7 Å². The van der Waals surface area contributed by atoms with Gasteiger partial charge in [0.25, 0.3) is 5.56 Å². The molecule has 1 aliphatic rings. The van der Waals surface area contributed by atoms with E-state index in [1.54, 1.807) is 57.5 Å². The van der Waals surface area contributed by atoms with Crippen LogP contribution in [-0.4, -0.2) is 134 Å². The number of para-hydroxylation sites is 1. The minimum absolute atomic E-state index is 0.0102. The van der Waals surface area contributed by atoms with Gasteiger partial charge in [-0.15, -0.1) is 11.3 Å². The first kappa shape index (κ1) is 54.9. The SMILES string of the molecule is COCCOCCOc1cc(COc2ccc(OC[C@@H](CN3CCN(C)CC3)Oc3c(Cl)c(C)c(-c4c(-c5ccc(F)cc5)sc5nc[nH]c(=O)c45)c(C)c3Cl)cc2C[C@@H](C)C(=O)O)nc(-c2ccccc2OC)n1. The molecule has 0 bridgehead atoms. The molecule has 2 atom stereocenters. The molecule has 8 rings (SSSR count). The molecule has 1 fully saturated rings. The van der Waals surface area contributed by atoms with Crippen LogP contribution in [0.4, 0.5) is 4.39 Å². The molecule has 20 heteroatoms. The molecule has 7 aromatic rings. The second-order valence-corrected chi connectivity index (χ2v) is 19.9. The third-order valence-electron chi connectivity index (χ3n) is 12.8. The minimum Gasteiger partial charge on any atom is -0.496 e. The Morgan fingerprint density at radius 1 is 0.880 bits per heavy atom. The van der Waals surface area contributed by atoms with E-state index < -0.39 is 18.0 Å². The Morgan fingerprint density at radius 3 is 2.33 bits per heavy atom. The van der Waals surface area contributed by atoms with Crippen molar-refractivity contribution in [3.05, 3.63) is 128 Å². The first-order valence-corrected chi connectivity index (χ1v) is 25.9. The Kier molecular flexibility index (Phi) is 18.6. The lowest BCUT2D eigenvalue weighted by atomic mass is 9.92. The molecule has 4 aromatic carbocycles. The lowest BCUT2D eigenvalue weighted by Crippen LogP contribution is -2.49. The van der Waals surface area contributed by atoms with Crippen molar-refractivity contribution in [1.29, 1.82) is 0 Å². The van der Waals surface area contributed by atoms with Crippen molar-refractivity contribution >= 4 is 50.7 Å². The fraction of sp³-hybridized carbons (Fsp3) is 0.364. The van der Waals surface area contributed by atoms with Crippen LogP contribution in [0.1, 0.15) is 29.3 Å². The number of halogens is 3. The Bertz CT molecular complexity index is 3140. The van der Waals surface area contributed by atoms with E-state index in [0.29, 0.717) is 115 Å². The Labute approximate surface area is 448 Å². The van der Waals surface area contributed by atoms with E-state index >= 15 is 0 Å². The number of carboxylic acid groups (broad SMARTS) is 1. The molecule has 0 radical (unpaired) electrons. The van der Waals surface area contributed by atoms with Gasteiger partial charge in [0.2, 0.25) is 5.88 Å². The Balaban J connectivity index is 1.07. The molecule has 1 saturated heterocycles. The first-order chi connectivity index (χ1) is 36.2. The number of likely N-dealkylation sites (N-methyl/N-ethyl adjacent to an activating group) is 1. The molecule has 396 valence electrons. The summed E-state index contributed by atoms with van der Waals surface area (Å²) < 4.78 is 56.2. The number of aromatic amines is 1. The first-order valence-electron chi connectivity index (χ1n) is 24.4. The van der Waals surface area contributed by atoms with E-state index in [1.807, 2.05) is 38.1 Å². The maximum atomic E-state index is 14.2. The zero-order valence-corrected chi connectivity index (χ0v) is 44.9. The van der Waals surface area contributed by atoms with Crippen molar-refractivity contribution in [2.75, 3.05) is 87.0 Å². The van der Waals surface area contributed by atoms with Crippen LogP contribution < -0.4 is 29.2 Å². The maximum absolute atomic E-state index is 14.2. The number of benzene rings is 4. The molecule has 0 spiro atoms. The number of methoxy groups -OCH3 is 2. The Morgan fingerprint density at radius 2 is 1.61 bits per heavy atom. The van der Waals surface area contributed by atoms with Gasteiger partial charge in [-0.2, -0.15) is 4.98 Å². The molecular weight excluding hydrogens is 1030 g/mol. The number of fused-ring (bicyclic) bond motifs is 1. The number of rotatable bonds is 24. The molecular formula is C55H59Cl2FN6O10S. The number of piperazine rings is 1. The number of aliphatic carboxylic acids is 1. The van der Waals surface area contributed by atoms with Crippen LogP contribution >= 0.6 is 34.5 Å². The average Bonchev–Trinajstić information content (AvgIpc) is 3.81. The number of hydrogen-bond donors (Lipinski definition) is 2. The highest BCUT2D eigenvalue weighted by Gasteiger charge is 2.30. The summed E-state index contributed by atoms with van der Waals surface area (Å²) in [6.45, 7) is 10.6. The summed E-state index contributed by atoms with van der Waals surface area (Å²) in [4.78, 5) is 48.2. The van der Waals surface area contributed by atoms with Crippen molar-refractivity contribution in [2.24, 2.45) is 5.92 Å². The quantitative estimate of drug-likeness (QED) is 0.0546. The number of thiophene rings is 1. The second kappa shape index (κ2) is 25.4. The molecule has 0 aliphatic carbocycles. The van der Waals surface area contributed by atoms with Crippen LogP contribution in [0, 0.1) is 25.6 Å². The number of H-pyrrole nitrogens is 1. The van der Waals surface area contributed by atoms with Crippen LogP contribution in [0.15, 0.2) is 83.9 Å². The van der Waals surface area contributed by atoms with Crippen LogP contribution in [-0.2, 0) is 27.3 Å². The molecule has 16 nitrogen and oxygen atoms in total. The predicted molar refractivity (Wildman–Crippen MR) is 288 cm³/mol. The summed E-state index contributed by atoms with van der Waals surface area (Å²) >= 11 is 15.9. The Hall–Kier alpha value is -6.38. The minimum atomic E-state index is -0.967. The average molecular weight is 1090 g/mol. The van der Waals surface area contributed by atoms with Gasteiger partial charge in [-0.25, -0.2) is 14.4 Å². The number of carboxylic acids is 1. The smallest absolute Gasteiger partial charge is 0.306 e. The van der Waals surface area contributed by atoms with Gasteiger partial charge in [0.15, 0.2) is 11.6 Å². The number of nitrogens with zero attached hydrogens (tertiary/aromatic N) is 5. The van der Waals surface area contributed by atoms with E-state index in [2.05, 4.69) is 31.8 Å². The second-order valence-electron chi connectivity index (χ2n) is 18.1. The van der Waals surface area contributed by atoms with Crippen molar-refractivity contribution in [3.63, 3.8) is 0 Å². The standard InChI is InChI=1S/C55H59Cl2FN6O10S/c1-32(55(66)67)25-36-26-39(15-16-42(36)73-29-38-27-44(71-24-23-70-22-21-68-5)62-52(61-38)41-9-7-8-10-43(41)69-6)72-30-40(28-64-19-17-63(4)18-20-64)74-50-48(56)33(2)45(34(3)49(50)57)46-47-53(65)59-31-60-54(47)75-51(46)35-11-13-37(58)14-12-35/h7-16,26-27,31-32,40H,17-25,28-30H2,1-6H3,(H,66,67)(H,59,60,65)/t32-,40-/m1/s1. The summed E-state index contributed by atoms with van der Waals surface area (Å²) in [6, 6.07) is 20.5. The van der Waals surface area contributed by atoms with Crippen LogP contribution in [0.25, 0.3) is 43.2 Å². The van der Waals surface area contributed by atoms with E-state index in [0.717, 1.165) is 26.2 Å². The zero-order valence-electron chi connectivity index (χ0n) is 42.5. The van der Waals surface area contributed by atoms with Gasteiger partial charge in [-0.05, 0) is 97.6 Å². The van der Waals surface area contributed by atoms with Crippen LogP contribution in [0.3, 0.4) is 0 Å².